The number of carbonyl (C=O) groups is 2. The number of ether oxygens (including phenoxy) is 1. The molecule has 1 aliphatic heterocycles. The monoisotopic (exact) mass is 446 g/mol. The molecule has 1 saturated heterocycles. The second kappa shape index (κ2) is 12.3. The third-order valence-electron chi connectivity index (χ3n) is 5.37. The van der Waals surface area contributed by atoms with Gasteiger partial charge in [0.1, 0.15) is 0 Å². The first-order chi connectivity index (χ1) is 13.0. The van der Waals surface area contributed by atoms with E-state index in [2.05, 4.69) is 15.5 Å². The summed E-state index contributed by atoms with van der Waals surface area (Å²) in [6, 6.07) is 7.57. The van der Waals surface area contributed by atoms with E-state index in [1.54, 1.807) is 0 Å². The number of halogens is 2. The lowest BCUT2D eigenvalue weighted by molar-refractivity contribution is -0.126. The van der Waals surface area contributed by atoms with Crippen molar-refractivity contribution in [2.45, 2.75) is 44.2 Å². The molecular weight excluding hydrogens is 415 g/mol. The average Bonchev–Trinajstić information content (AvgIpc) is 3.13. The highest BCUT2D eigenvalue weighted by molar-refractivity contribution is 5.91. The van der Waals surface area contributed by atoms with E-state index < -0.39 is 5.54 Å². The predicted octanol–water partition coefficient (Wildman–Crippen LogP) is 2.08. The van der Waals surface area contributed by atoms with E-state index in [0.717, 1.165) is 69.8 Å². The maximum absolute atomic E-state index is 12.3. The van der Waals surface area contributed by atoms with Crippen LogP contribution in [-0.4, -0.2) is 55.1 Å². The van der Waals surface area contributed by atoms with Crippen molar-refractivity contribution in [1.82, 2.24) is 10.2 Å². The topological polar surface area (TPSA) is 96.7 Å². The molecule has 1 saturated carbocycles. The van der Waals surface area contributed by atoms with Gasteiger partial charge in [0.2, 0.25) is 11.8 Å². The number of benzene rings is 1. The highest BCUT2D eigenvalue weighted by Gasteiger charge is 2.36. The molecule has 2 aliphatic rings. The Balaban J connectivity index is 0.00000210. The molecule has 0 spiro atoms. The minimum atomic E-state index is -0.717. The number of carbonyl (C=O) groups excluding carboxylic acids is 2. The average molecular weight is 447 g/mol. The third kappa shape index (κ3) is 7.75. The van der Waals surface area contributed by atoms with Crippen LogP contribution >= 0.6 is 24.8 Å². The number of anilines is 1. The zero-order valence-corrected chi connectivity index (χ0v) is 18.3. The van der Waals surface area contributed by atoms with Crippen molar-refractivity contribution < 1.29 is 14.3 Å². The van der Waals surface area contributed by atoms with E-state index in [1.165, 1.54) is 0 Å². The van der Waals surface area contributed by atoms with Crippen molar-refractivity contribution in [1.29, 1.82) is 0 Å². The van der Waals surface area contributed by atoms with E-state index in [4.69, 9.17) is 10.5 Å². The van der Waals surface area contributed by atoms with Gasteiger partial charge in [-0.3, -0.25) is 14.5 Å². The molecule has 164 valence electrons. The van der Waals surface area contributed by atoms with E-state index in [-0.39, 0.29) is 36.6 Å². The normalized spacial score (nSPS) is 18.2. The van der Waals surface area contributed by atoms with Gasteiger partial charge in [0.05, 0.1) is 18.8 Å². The van der Waals surface area contributed by atoms with Gasteiger partial charge >= 0.3 is 0 Å². The molecule has 7 nitrogen and oxygen atoms in total. The molecule has 0 atom stereocenters. The maximum atomic E-state index is 12.3. The van der Waals surface area contributed by atoms with Gasteiger partial charge in [-0.15, -0.1) is 24.8 Å². The molecule has 0 radical (unpaired) electrons. The van der Waals surface area contributed by atoms with Gasteiger partial charge in [-0.1, -0.05) is 25.0 Å². The summed E-state index contributed by atoms with van der Waals surface area (Å²) in [5, 5.41) is 5.87. The largest absolute Gasteiger partial charge is 0.379 e. The van der Waals surface area contributed by atoms with Gasteiger partial charge in [0.25, 0.3) is 0 Å². The Hall–Kier alpha value is -1.38. The van der Waals surface area contributed by atoms with E-state index in [1.807, 2.05) is 24.3 Å². The first-order valence-electron chi connectivity index (χ1n) is 9.81. The Labute approximate surface area is 184 Å². The Morgan fingerprint density at radius 1 is 1.14 bits per heavy atom. The molecule has 1 heterocycles. The van der Waals surface area contributed by atoms with Crippen molar-refractivity contribution in [3.05, 3.63) is 29.8 Å². The molecule has 0 unspecified atom stereocenters. The van der Waals surface area contributed by atoms with Crippen molar-refractivity contribution >= 4 is 42.3 Å². The molecule has 1 aliphatic carbocycles. The van der Waals surface area contributed by atoms with Crippen molar-refractivity contribution in [3.8, 4) is 0 Å². The Bertz CT molecular complexity index is 663. The molecule has 0 bridgehead atoms. The minimum absolute atomic E-state index is 0. The molecule has 2 amide bonds. The highest BCUT2D eigenvalue weighted by atomic mass is 35.5. The zero-order valence-electron chi connectivity index (χ0n) is 16.7. The number of hydrogen-bond donors (Lipinski definition) is 3. The summed E-state index contributed by atoms with van der Waals surface area (Å²) in [6.45, 7) is 4.38. The van der Waals surface area contributed by atoms with Crippen molar-refractivity contribution in [3.63, 3.8) is 0 Å². The van der Waals surface area contributed by atoms with Crippen LogP contribution in [0.3, 0.4) is 0 Å². The molecule has 9 heteroatoms. The number of nitrogens with two attached hydrogens (primary N) is 1. The van der Waals surface area contributed by atoms with E-state index in [9.17, 15) is 9.59 Å². The zero-order chi connectivity index (χ0) is 19.1. The van der Waals surface area contributed by atoms with Crippen LogP contribution in [0.15, 0.2) is 24.3 Å². The molecule has 1 aromatic carbocycles. The number of nitrogens with zero attached hydrogens (tertiary/aromatic N) is 1. The molecule has 0 aromatic heterocycles. The second-order valence-electron chi connectivity index (χ2n) is 7.50. The molecular formula is C20H32Cl2N4O3. The Morgan fingerprint density at radius 3 is 2.52 bits per heavy atom. The van der Waals surface area contributed by atoms with E-state index >= 15 is 0 Å². The third-order valence-corrected chi connectivity index (χ3v) is 5.37. The van der Waals surface area contributed by atoms with Crippen molar-refractivity contribution in [2.75, 3.05) is 38.2 Å². The summed E-state index contributed by atoms with van der Waals surface area (Å²) < 4.78 is 5.31. The van der Waals surface area contributed by atoms with Gasteiger partial charge in [-0.25, -0.2) is 0 Å². The SMILES string of the molecule is Cl.Cl.NC1(C(=O)NCc2cccc(NC(=O)CCN3CCOCC3)c2)CCCC1. The molecule has 29 heavy (non-hydrogen) atoms. The second-order valence-corrected chi connectivity index (χ2v) is 7.50. The summed E-state index contributed by atoms with van der Waals surface area (Å²) in [4.78, 5) is 26.7. The smallest absolute Gasteiger partial charge is 0.240 e. The van der Waals surface area contributed by atoms with Crippen LogP contribution in [0.4, 0.5) is 5.69 Å². The summed E-state index contributed by atoms with van der Waals surface area (Å²) in [5.74, 6) is -0.0884. The first-order valence-corrected chi connectivity index (χ1v) is 9.81. The molecule has 1 aromatic rings. The minimum Gasteiger partial charge on any atom is -0.379 e. The molecule has 4 N–H and O–H groups in total. The van der Waals surface area contributed by atoms with Gasteiger partial charge in [0.15, 0.2) is 0 Å². The predicted molar refractivity (Wildman–Crippen MR) is 119 cm³/mol. The number of hydrogen-bond acceptors (Lipinski definition) is 5. The summed E-state index contributed by atoms with van der Waals surface area (Å²) in [5.41, 5.74) is 7.15. The first kappa shape index (κ1) is 25.7. The lowest BCUT2D eigenvalue weighted by Gasteiger charge is -2.26. The number of morpholine rings is 1. The summed E-state index contributed by atoms with van der Waals surface area (Å²) in [6.07, 6.45) is 3.97. The lowest BCUT2D eigenvalue weighted by Crippen LogP contribution is -2.51. The van der Waals surface area contributed by atoms with Crippen LogP contribution < -0.4 is 16.4 Å². The number of rotatable bonds is 7. The maximum Gasteiger partial charge on any atom is 0.240 e. The molecule has 2 fully saturated rings. The fraction of sp³-hybridized carbons (Fsp3) is 0.600. The van der Waals surface area contributed by atoms with Crippen molar-refractivity contribution in [2.24, 2.45) is 5.73 Å². The van der Waals surface area contributed by atoms with Gasteiger partial charge in [-0.2, -0.15) is 0 Å². The van der Waals surface area contributed by atoms with Gasteiger partial charge < -0.3 is 21.1 Å². The van der Waals surface area contributed by atoms with Crippen LogP contribution in [0.25, 0.3) is 0 Å². The van der Waals surface area contributed by atoms with E-state index in [0.29, 0.717) is 13.0 Å². The number of nitrogens with one attached hydrogen (secondary N) is 2. The van der Waals surface area contributed by atoms with Crippen LogP contribution in [0, 0.1) is 0 Å². The highest BCUT2D eigenvalue weighted by Crippen LogP contribution is 2.27. The molecule has 3 rings (SSSR count). The number of amides is 2. The standard InChI is InChI=1S/C20H30N4O3.2ClH/c21-20(7-1-2-8-20)19(26)22-15-16-4-3-5-17(14-16)23-18(25)6-9-24-10-12-27-13-11-24;;/h3-5,14H,1-2,6-13,15,21H2,(H,22,26)(H,23,25);2*1H. The Kier molecular flexibility index (Phi) is 10.9. The van der Waals surface area contributed by atoms with Crippen LogP contribution in [0.1, 0.15) is 37.7 Å². The quantitative estimate of drug-likeness (QED) is 0.595. The summed E-state index contributed by atoms with van der Waals surface area (Å²) in [7, 11) is 0. The summed E-state index contributed by atoms with van der Waals surface area (Å²) >= 11 is 0. The lowest BCUT2D eigenvalue weighted by atomic mass is 9.98. The van der Waals surface area contributed by atoms with Crippen LogP contribution in [0.5, 0.6) is 0 Å². The Morgan fingerprint density at radius 2 is 1.83 bits per heavy atom. The fourth-order valence-corrected chi connectivity index (χ4v) is 3.66. The van der Waals surface area contributed by atoms with Crippen LogP contribution in [-0.2, 0) is 20.9 Å². The fourth-order valence-electron chi connectivity index (χ4n) is 3.66. The van der Waals surface area contributed by atoms with Gasteiger partial charge in [-0.05, 0) is 30.5 Å². The van der Waals surface area contributed by atoms with Crippen LogP contribution in [0.2, 0.25) is 0 Å². The van der Waals surface area contributed by atoms with Gasteiger partial charge in [0, 0.05) is 38.3 Å².